The van der Waals surface area contributed by atoms with Gasteiger partial charge in [-0.15, -0.1) is 0 Å². The molecule has 4 heteroatoms. The lowest BCUT2D eigenvalue weighted by molar-refractivity contribution is 0.266. The second-order valence-electron chi connectivity index (χ2n) is 5.39. The fourth-order valence-electron chi connectivity index (χ4n) is 2.84. The van der Waals surface area contributed by atoms with Gasteiger partial charge in [-0.2, -0.15) is 0 Å². The Bertz CT molecular complexity index is 420. The molecule has 1 saturated heterocycles. The number of anilines is 1. The highest BCUT2D eigenvalue weighted by Gasteiger charge is 2.31. The van der Waals surface area contributed by atoms with E-state index in [-0.39, 0.29) is 0 Å². The van der Waals surface area contributed by atoms with E-state index in [4.69, 9.17) is 17.3 Å². The standard InChI is InChI=1S/C14H22ClN3/c1-10-8-18(9-14(10)17(2)3)13-5-4-12(15)6-11(13)7-16/h4-6,10,14H,7-9,16H2,1-3H3. The van der Waals surface area contributed by atoms with Crippen molar-refractivity contribution >= 4 is 17.3 Å². The summed E-state index contributed by atoms with van der Waals surface area (Å²) in [6.07, 6.45) is 0. The van der Waals surface area contributed by atoms with E-state index < -0.39 is 0 Å². The molecule has 1 fully saturated rings. The van der Waals surface area contributed by atoms with Gasteiger partial charge in [0.25, 0.3) is 0 Å². The summed E-state index contributed by atoms with van der Waals surface area (Å²) in [5, 5.41) is 0.760. The third-order valence-electron chi connectivity index (χ3n) is 3.84. The molecular formula is C14H22ClN3. The van der Waals surface area contributed by atoms with Gasteiger partial charge in [0, 0.05) is 36.4 Å². The van der Waals surface area contributed by atoms with Crippen molar-refractivity contribution < 1.29 is 0 Å². The molecule has 1 aliphatic rings. The number of halogens is 1. The van der Waals surface area contributed by atoms with Gasteiger partial charge in [0.2, 0.25) is 0 Å². The molecule has 2 unspecified atom stereocenters. The minimum Gasteiger partial charge on any atom is -0.369 e. The van der Waals surface area contributed by atoms with Gasteiger partial charge in [-0.3, -0.25) is 0 Å². The normalized spacial score (nSPS) is 24.0. The number of nitrogens with zero attached hydrogens (tertiary/aromatic N) is 2. The van der Waals surface area contributed by atoms with Crippen LogP contribution in [-0.4, -0.2) is 38.1 Å². The summed E-state index contributed by atoms with van der Waals surface area (Å²) < 4.78 is 0. The van der Waals surface area contributed by atoms with Gasteiger partial charge in [-0.1, -0.05) is 18.5 Å². The molecule has 2 N–H and O–H groups in total. The Kier molecular flexibility index (Phi) is 4.15. The molecule has 1 heterocycles. The van der Waals surface area contributed by atoms with Crippen LogP contribution in [0.25, 0.3) is 0 Å². The Hall–Kier alpha value is -0.770. The monoisotopic (exact) mass is 267 g/mol. The molecular weight excluding hydrogens is 246 g/mol. The Morgan fingerprint density at radius 1 is 1.39 bits per heavy atom. The fourth-order valence-corrected chi connectivity index (χ4v) is 3.04. The largest absolute Gasteiger partial charge is 0.369 e. The number of benzene rings is 1. The Balaban J connectivity index is 2.23. The van der Waals surface area contributed by atoms with Crippen LogP contribution in [-0.2, 0) is 6.54 Å². The highest BCUT2D eigenvalue weighted by atomic mass is 35.5. The van der Waals surface area contributed by atoms with Gasteiger partial charge >= 0.3 is 0 Å². The highest BCUT2D eigenvalue weighted by Crippen LogP contribution is 2.30. The molecule has 0 aliphatic carbocycles. The number of hydrogen-bond acceptors (Lipinski definition) is 3. The molecule has 3 nitrogen and oxygen atoms in total. The lowest BCUT2D eigenvalue weighted by Gasteiger charge is -2.24. The minimum atomic E-state index is 0.535. The van der Waals surface area contributed by atoms with Crippen LogP contribution in [0.15, 0.2) is 18.2 Å². The van der Waals surface area contributed by atoms with Gasteiger partial charge < -0.3 is 15.5 Å². The van der Waals surface area contributed by atoms with Crippen molar-refractivity contribution in [3.05, 3.63) is 28.8 Å². The molecule has 1 aromatic rings. The zero-order valence-electron chi connectivity index (χ0n) is 11.4. The van der Waals surface area contributed by atoms with E-state index in [9.17, 15) is 0 Å². The first-order valence-electron chi connectivity index (χ1n) is 6.42. The van der Waals surface area contributed by atoms with Crippen molar-refractivity contribution in [3.8, 4) is 0 Å². The zero-order chi connectivity index (χ0) is 13.3. The first-order chi connectivity index (χ1) is 8.52. The SMILES string of the molecule is CC1CN(c2ccc(Cl)cc2CN)CC1N(C)C. The first-order valence-corrected chi connectivity index (χ1v) is 6.80. The van der Waals surface area contributed by atoms with Crippen LogP contribution in [0.5, 0.6) is 0 Å². The molecule has 0 spiro atoms. The van der Waals surface area contributed by atoms with Crippen LogP contribution < -0.4 is 10.6 Å². The van der Waals surface area contributed by atoms with E-state index in [2.05, 4.69) is 36.9 Å². The maximum absolute atomic E-state index is 6.03. The Morgan fingerprint density at radius 2 is 2.11 bits per heavy atom. The van der Waals surface area contributed by atoms with Crippen LogP contribution in [0, 0.1) is 5.92 Å². The van der Waals surface area contributed by atoms with Crippen molar-refractivity contribution in [1.82, 2.24) is 4.90 Å². The van der Waals surface area contributed by atoms with E-state index in [1.807, 2.05) is 12.1 Å². The molecule has 0 radical (unpaired) electrons. The maximum Gasteiger partial charge on any atom is 0.0413 e. The molecule has 0 amide bonds. The summed E-state index contributed by atoms with van der Waals surface area (Å²) in [6, 6.07) is 6.62. The van der Waals surface area contributed by atoms with Crippen LogP contribution in [0.1, 0.15) is 12.5 Å². The lowest BCUT2D eigenvalue weighted by atomic mass is 10.1. The van der Waals surface area contributed by atoms with Gasteiger partial charge in [-0.25, -0.2) is 0 Å². The van der Waals surface area contributed by atoms with Gasteiger partial charge in [0.15, 0.2) is 0 Å². The molecule has 0 bridgehead atoms. The van der Waals surface area contributed by atoms with Crippen molar-refractivity contribution in [2.24, 2.45) is 11.7 Å². The van der Waals surface area contributed by atoms with Crippen molar-refractivity contribution in [2.45, 2.75) is 19.5 Å². The highest BCUT2D eigenvalue weighted by molar-refractivity contribution is 6.30. The Labute approximate surface area is 115 Å². The third kappa shape index (κ3) is 2.63. The average molecular weight is 268 g/mol. The average Bonchev–Trinajstić information content (AvgIpc) is 2.71. The zero-order valence-corrected chi connectivity index (χ0v) is 12.1. The number of rotatable bonds is 3. The summed E-state index contributed by atoms with van der Waals surface area (Å²) >= 11 is 6.03. The minimum absolute atomic E-state index is 0.535. The fraction of sp³-hybridized carbons (Fsp3) is 0.571. The quantitative estimate of drug-likeness (QED) is 0.911. The van der Waals surface area contributed by atoms with Crippen LogP contribution >= 0.6 is 11.6 Å². The van der Waals surface area contributed by atoms with Crippen LogP contribution in [0.4, 0.5) is 5.69 Å². The van der Waals surface area contributed by atoms with Crippen molar-refractivity contribution in [2.75, 3.05) is 32.1 Å². The van der Waals surface area contributed by atoms with Gasteiger partial charge in [0.05, 0.1) is 0 Å². The number of likely N-dealkylation sites (N-methyl/N-ethyl adjacent to an activating group) is 1. The third-order valence-corrected chi connectivity index (χ3v) is 4.07. The second-order valence-corrected chi connectivity index (χ2v) is 5.83. The maximum atomic E-state index is 6.03. The van der Waals surface area contributed by atoms with E-state index in [0.29, 0.717) is 18.5 Å². The van der Waals surface area contributed by atoms with Gasteiger partial charge in [-0.05, 0) is 43.8 Å². The van der Waals surface area contributed by atoms with Crippen molar-refractivity contribution in [1.29, 1.82) is 0 Å². The molecule has 0 aromatic heterocycles. The topological polar surface area (TPSA) is 32.5 Å². The Morgan fingerprint density at radius 3 is 2.67 bits per heavy atom. The predicted molar refractivity (Wildman–Crippen MR) is 78.2 cm³/mol. The van der Waals surface area contributed by atoms with Crippen LogP contribution in [0.3, 0.4) is 0 Å². The molecule has 2 rings (SSSR count). The molecule has 2 atom stereocenters. The first kappa shape index (κ1) is 13.7. The number of nitrogens with two attached hydrogens (primary N) is 1. The molecule has 1 aliphatic heterocycles. The van der Waals surface area contributed by atoms with Crippen molar-refractivity contribution in [3.63, 3.8) is 0 Å². The molecule has 18 heavy (non-hydrogen) atoms. The summed E-state index contributed by atoms with van der Waals surface area (Å²) in [5.41, 5.74) is 8.19. The van der Waals surface area contributed by atoms with E-state index >= 15 is 0 Å². The van der Waals surface area contributed by atoms with Gasteiger partial charge in [0.1, 0.15) is 0 Å². The summed E-state index contributed by atoms with van der Waals surface area (Å²) in [7, 11) is 4.30. The second kappa shape index (κ2) is 5.47. The summed E-state index contributed by atoms with van der Waals surface area (Å²) in [5.74, 6) is 0.668. The molecule has 0 saturated carbocycles. The summed E-state index contributed by atoms with van der Waals surface area (Å²) in [4.78, 5) is 4.73. The lowest BCUT2D eigenvalue weighted by Crippen LogP contribution is -2.34. The van der Waals surface area contributed by atoms with Crippen LogP contribution in [0.2, 0.25) is 5.02 Å². The smallest absolute Gasteiger partial charge is 0.0413 e. The molecule has 100 valence electrons. The summed E-state index contributed by atoms with van der Waals surface area (Å²) in [6.45, 7) is 4.98. The van der Waals surface area contributed by atoms with E-state index in [1.54, 1.807) is 0 Å². The number of hydrogen-bond donors (Lipinski definition) is 1. The predicted octanol–water partition coefficient (Wildman–Crippen LogP) is 2.19. The van der Waals surface area contributed by atoms with E-state index in [1.165, 1.54) is 5.69 Å². The van der Waals surface area contributed by atoms with E-state index in [0.717, 1.165) is 23.7 Å². The molecule has 1 aromatic carbocycles.